The molecule has 0 bridgehead atoms. The normalized spacial score (nSPS) is 12.0. The molecule has 2 nitrogen and oxygen atoms in total. The van der Waals surface area contributed by atoms with E-state index in [1.807, 2.05) is 43.3 Å². The molecule has 2 aromatic carbocycles. The summed E-state index contributed by atoms with van der Waals surface area (Å²) in [5.41, 5.74) is 1.87. The zero-order valence-corrected chi connectivity index (χ0v) is 14.9. The highest BCUT2D eigenvalue weighted by molar-refractivity contribution is 9.10. The predicted octanol–water partition coefficient (Wildman–Crippen LogP) is 6.33. The molecule has 1 N–H and O–H groups in total. The van der Waals surface area contributed by atoms with Crippen molar-refractivity contribution in [1.29, 1.82) is 0 Å². The van der Waals surface area contributed by atoms with Crippen molar-refractivity contribution < 1.29 is 4.74 Å². The Bertz CT molecular complexity index is 634. The highest BCUT2D eigenvalue weighted by Crippen LogP contribution is 2.38. The minimum atomic E-state index is 0.0440. The molecule has 0 amide bonds. The van der Waals surface area contributed by atoms with Crippen molar-refractivity contribution in [1.82, 2.24) is 0 Å². The van der Waals surface area contributed by atoms with Gasteiger partial charge >= 0.3 is 0 Å². The Morgan fingerprint density at radius 1 is 1.14 bits per heavy atom. The van der Waals surface area contributed by atoms with Crippen molar-refractivity contribution in [2.75, 3.05) is 11.9 Å². The van der Waals surface area contributed by atoms with Crippen molar-refractivity contribution in [3.63, 3.8) is 0 Å². The molecule has 0 heterocycles. The number of halogens is 3. The first kappa shape index (κ1) is 16.5. The molecule has 1 unspecified atom stereocenters. The van der Waals surface area contributed by atoms with Gasteiger partial charge in [0.05, 0.1) is 28.4 Å². The van der Waals surface area contributed by atoms with Crippen LogP contribution < -0.4 is 10.1 Å². The lowest BCUT2D eigenvalue weighted by molar-refractivity contribution is 0.335. The van der Waals surface area contributed by atoms with E-state index in [4.69, 9.17) is 27.9 Å². The van der Waals surface area contributed by atoms with Gasteiger partial charge in [0, 0.05) is 10.0 Å². The quantitative estimate of drug-likeness (QED) is 0.604. The van der Waals surface area contributed by atoms with Gasteiger partial charge in [0.15, 0.2) is 0 Å². The second kappa shape index (κ2) is 7.39. The third-order valence-corrected chi connectivity index (χ3v) is 4.86. The fourth-order valence-electron chi connectivity index (χ4n) is 2.07. The van der Waals surface area contributed by atoms with E-state index in [1.54, 1.807) is 0 Å². The first-order valence-electron chi connectivity index (χ1n) is 6.66. The maximum absolute atomic E-state index is 6.28. The third-order valence-electron chi connectivity index (χ3n) is 3.09. The van der Waals surface area contributed by atoms with E-state index < -0.39 is 0 Å². The van der Waals surface area contributed by atoms with Crippen LogP contribution in [-0.4, -0.2) is 6.61 Å². The highest BCUT2D eigenvalue weighted by atomic mass is 79.9. The highest BCUT2D eigenvalue weighted by Gasteiger charge is 2.14. The van der Waals surface area contributed by atoms with Gasteiger partial charge in [0.25, 0.3) is 0 Å². The number of hydrogen-bond acceptors (Lipinski definition) is 2. The predicted molar refractivity (Wildman–Crippen MR) is 93.8 cm³/mol. The molecule has 2 aromatic rings. The molecule has 0 saturated carbocycles. The van der Waals surface area contributed by atoms with Gasteiger partial charge in [-0.05, 0) is 48.0 Å². The standard InChI is InChI=1S/C16H16BrCl2NO/c1-3-21-14-7-5-4-6-11(14)10(2)20-13-9-8-12(17)15(18)16(13)19/h4-10,20H,3H2,1-2H3. The van der Waals surface area contributed by atoms with Crippen molar-refractivity contribution in [2.45, 2.75) is 19.9 Å². The summed E-state index contributed by atoms with van der Waals surface area (Å²) in [5, 5.41) is 4.39. The van der Waals surface area contributed by atoms with Crippen molar-refractivity contribution in [3.8, 4) is 5.75 Å². The maximum atomic E-state index is 6.28. The average molecular weight is 389 g/mol. The molecule has 0 aliphatic rings. The van der Waals surface area contributed by atoms with E-state index in [0.717, 1.165) is 21.5 Å². The zero-order valence-electron chi connectivity index (χ0n) is 11.8. The summed E-state index contributed by atoms with van der Waals surface area (Å²) >= 11 is 15.8. The molecule has 0 saturated heterocycles. The first-order valence-corrected chi connectivity index (χ1v) is 8.21. The summed E-state index contributed by atoms with van der Waals surface area (Å²) in [5.74, 6) is 0.874. The summed E-state index contributed by atoms with van der Waals surface area (Å²) in [6.07, 6.45) is 0. The van der Waals surface area contributed by atoms with E-state index in [-0.39, 0.29) is 6.04 Å². The average Bonchev–Trinajstić information content (AvgIpc) is 2.49. The largest absolute Gasteiger partial charge is 0.494 e. The molecule has 0 aliphatic heterocycles. The first-order chi connectivity index (χ1) is 10.0. The van der Waals surface area contributed by atoms with E-state index in [0.29, 0.717) is 16.7 Å². The molecule has 5 heteroatoms. The summed E-state index contributed by atoms with van der Waals surface area (Å²) in [6.45, 7) is 4.67. The Balaban J connectivity index is 2.26. The molecular weight excluding hydrogens is 373 g/mol. The van der Waals surface area contributed by atoms with Crippen LogP contribution in [0.25, 0.3) is 0 Å². The lowest BCUT2D eigenvalue weighted by atomic mass is 10.1. The Labute approximate surface area is 143 Å². The minimum absolute atomic E-state index is 0.0440. The number of nitrogens with one attached hydrogen (secondary N) is 1. The fraction of sp³-hybridized carbons (Fsp3) is 0.250. The van der Waals surface area contributed by atoms with E-state index in [2.05, 4.69) is 28.2 Å². The van der Waals surface area contributed by atoms with Crippen molar-refractivity contribution in [3.05, 3.63) is 56.5 Å². The Hall–Kier alpha value is -0.900. The Kier molecular flexibility index (Phi) is 5.80. The summed E-state index contributed by atoms with van der Waals surface area (Å²) in [6, 6.07) is 11.8. The monoisotopic (exact) mass is 387 g/mol. The SMILES string of the molecule is CCOc1ccccc1C(C)Nc1ccc(Br)c(Cl)c1Cl. The van der Waals surface area contributed by atoms with Crippen LogP contribution >= 0.6 is 39.1 Å². The van der Waals surface area contributed by atoms with E-state index in [1.165, 1.54) is 0 Å². The van der Waals surface area contributed by atoms with Gasteiger partial charge in [-0.15, -0.1) is 0 Å². The van der Waals surface area contributed by atoms with Gasteiger partial charge in [0.1, 0.15) is 5.75 Å². The van der Waals surface area contributed by atoms with Crippen LogP contribution in [0, 0.1) is 0 Å². The van der Waals surface area contributed by atoms with Crippen LogP contribution in [0.15, 0.2) is 40.9 Å². The summed E-state index contributed by atoms with van der Waals surface area (Å²) in [7, 11) is 0. The maximum Gasteiger partial charge on any atom is 0.124 e. The van der Waals surface area contributed by atoms with E-state index >= 15 is 0 Å². The van der Waals surface area contributed by atoms with Gasteiger partial charge < -0.3 is 10.1 Å². The molecule has 112 valence electrons. The molecule has 0 spiro atoms. The Morgan fingerprint density at radius 2 is 1.86 bits per heavy atom. The number of rotatable bonds is 5. The molecule has 0 fully saturated rings. The number of anilines is 1. The number of ether oxygens (including phenoxy) is 1. The molecule has 0 aliphatic carbocycles. The number of hydrogen-bond donors (Lipinski definition) is 1. The van der Waals surface area contributed by atoms with Crippen LogP contribution in [0.4, 0.5) is 5.69 Å². The molecule has 1 atom stereocenters. The molecule has 0 aromatic heterocycles. The number of para-hydroxylation sites is 1. The lowest BCUT2D eigenvalue weighted by Crippen LogP contribution is -2.09. The lowest BCUT2D eigenvalue weighted by Gasteiger charge is -2.20. The molecule has 0 radical (unpaired) electrons. The molecule has 21 heavy (non-hydrogen) atoms. The van der Waals surface area contributed by atoms with Crippen LogP contribution in [0.5, 0.6) is 5.75 Å². The van der Waals surface area contributed by atoms with Crippen LogP contribution in [0.3, 0.4) is 0 Å². The van der Waals surface area contributed by atoms with Gasteiger partial charge in [-0.2, -0.15) is 0 Å². The second-order valence-corrected chi connectivity index (χ2v) is 6.17. The van der Waals surface area contributed by atoms with Crippen LogP contribution in [0.1, 0.15) is 25.5 Å². The van der Waals surface area contributed by atoms with E-state index in [9.17, 15) is 0 Å². The van der Waals surface area contributed by atoms with Crippen LogP contribution in [-0.2, 0) is 0 Å². The van der Waals surface area contributed by atoms with Gasteiger partial charge in [0.2, 0.25) is 0 Å². The zero-order chi connectivity index (χ0) is 15.4. The second-order valence-electron chi connectivity index (χ2n) is 4.56. The molecule has 2 rings (SSSR count). The van der Waals surface area contributed by atoms with Crippen molar-refractivity contribution in [2.24, 2.45) is 0 Å². The molecular formula is C16H16BrCl2NO. The summed E-state index contributed by atoms with van der Waals surface area (Å²) in [4.78, 5) is 0. The van der Waals surface area contributed by atoms with Gasteiger partial charge in [-0.25, -0.2) is 0 Å². The van der Waals surface area contributed by atoms with Crippen LogP contribution in [0.2, 0.25) is 10.0 Å². The Morgan fingerprint density at radius 3 is 2.57 bits per heavy atom. The van der Waals surface area contributed by atoms with Crippen molar-refractivity contribution >= 4 is 44.8 Å². The summed E-state index contributed by atoms with van der Waals surface area (Å²) < 4.78 is 6.44. The van der Waals surface area contributed by atoms with Gasteiger partial charge in [-0.3, -0.25) is 0 Å². The topological polar surface area (TPSA) is 21.3 Å². The third kappa shape index (κ3) is 3.85. The number of benzene rings is 2. The minimum Gasteiger partial charge on any atom is -0.494 e. The van der Waals surface area contributed by atoms with Gasteiger partial charge in [-0.1, -0.05) is 41.4 Å². The smallest absolute Gasteiger partial charge is 0.124 e. The fourth-order valence-corrected chi connectivity index (χ4v) is 2.90.